The number of amides is 1. The quantitative estimate of drug-likeness (QED) is 0.551. The van der Waals surface area contributed by atoms with Gasteiger partial charge in [0.25, 0.3) is 5.91 Å². The lowest BCUT2D eigenvalue weighted by molar-refractivity contribution is -0.137. The summed E-state index contributed by atoms with van der Waals surface area (Å²) in [6, 6.07) is 2.78. The van der Waals surface area contributed by atoms with Crippen molar-refractivity contribution in [3.05, 3.63) is 51.3 Å². The number of nitrogens with one attached hydrogen (secondary N) is 1. The maximum atomic E-state index is 12.9. The molecular formula is C25H29ClF3N3O4. The molecule has 1 amide bonds. The van der Waals surface area contributed by atoms with E-state index in [9.17, 15) is 22.8 Å². The average molecular weight is 528 g/mol. The van der Waals surface area contributed by atoms with Gasteiger partial charge in [-0.05, 0) is 49.3 Å². The summed E-state index contributed by atoms with van der Waals surface area (Å²) in [5.74, 6) is -1.04. The molecule has 1 aromatic carbocycles. The van der Waals surface area contributed by atoms with Gasteiger partial charge in [-0.15, -0.1) is 0 Å². The van der Waals surface area contributed by atoms with Crippen LogP contribution in [0.1, 0.15) is 64.4 Å². The molecule has 7 nitrogen and oxygen atoms in total. The number of esters is 1. The van der Waals surface area contributed by atoms with Crippen molar-refractivity contribution in [1.29, 1.82) is 0 Å². The molecular weight excluding hydrogens is 499 g/mol. The molecule has 0 radical (unpaired) electrons. The van der Waals surface area contributed by atoms with Crippen LogP contribution < -0.4 is 5.32 Å². The summed E-state index contributed by atoms with van der Waals surface area (Å²) in [6.45, 7) is 6.18. The fraction of sp³-hybridized carbons (Fsp3) is 0.560. The number of fused-ring (bicyclic) bond motifs is 1. The van der Waals surface area contributed by atoms with Crippen LogP contribution in [0.2, 0.25) is 5.02 Å². The lowest BCUT2D eigenvalue weighted by Crippen LogP contribution is -2.41. The minimum absolute atomic E-state index is 0.0265. The van der Waals surface area contributed by atoms with Crippen LogP contribution in [0.5, 0.6) is 0 Å². The van der Waals surface area contributed by atoms with Crippen LogP contribution in [0, 0.1) is 11.3 Å². The number of carbonyl (C=O) groups excluding carboxylic acids is 2. The van der Waals surface area contributed by atoms with E-state index >= 15 is 0 Å². The molecule has 1 N–H and O–H groups in total. The van der Waals surface area contributed by atoms with Crippen LogP contribution in [-0.2, 0) is 35.0 Å². The Balaban J connectivity index is 1.47. The molecule has 2 aliphatic heterocycles. The van der Waals surface area contributed by atoms with E-state index in [1.165, 1.54) is 0 Å². The largest absolute Gasteiger partial charge is 0.462 e. The molecule has 11 heteroatoms. The van der Waals surface area contributed by atoms with Crippen molar-refractivity contribution < 1.29 is 32.2 Å². The Morgan fingerprint density at radius 2 is 2.06 bits per heavy atom. The molecule has 0 saturated carbocycles. The number of halogens is 4. The topological polar surface area (TPSA) is 82.5 Å². The Labute approximate surface area is 212 Å². The van der Waals surface area contributed by atoms with E-state index < -0.39 is 22.7 Å². The standard InChI is InChI=1S/C25H29ClF3N3O4/c1-3-19-21-20(11-24(14-30-22(21)33)6-8-35-9-7-24)32(31-19)12-15(2)13-36-23(34)16-4-5-17(18(26)10-16)25(27,28)29/h4-5,10,15H,3,6-9,11-14H2,1-2H3,(H,30,33)/t15-/m1/s1. The van der Waals surface area contributed by atoms with Crippen molar-refractivity contribution in [2.75, 3.05) is 26.4 Å². The normalized spacial score (nSPS) is 18.3. The number of aryl methyl sites for hydroxylation is 1. The second kappa shape index (κ2) is 10.4. The molecule has 1 aromatic heterocycles. The van der Waals surface area contributed by atoms with Gasteiger partial charge in [0.2, 0.25) is 0 Å². The zero-order valence-corrected chi connectivity index (χ0v) is 21.0. The number of hydrogen-bond donors (Lipinski definition) is 1. The predicted molar refractivity (Wildman–Crippen MR) is 126 cm³/mol. The first-order chi connectivity index (χ1) is 17.0. The molecule has 36 heavy (non-hydrogen) atoms. The fourth-order valence-corrected chi connectivity index (χ4v) is 5.13. The SMILES string of the molecule is CCc1nn(C[C@@H](C)COC(=O)c2ccc(C(F)(F)F)c(Cl)c2)c2c1C(=O)NCC1(CCOCC1)C2. The van der Waals surface area contributed by atoms with Crippen molar-refractivity contribution in [3.8, 4) is 0 Å². The van der Waals surface area contributed by atoms with Gasteiger partial charge < -0.3 is 14.8 Å². The molecule has 0 unspecified atom stereocenters. The predicted octanol–water partition coefficient (Wildman–Crippen LogP) is 4.69. The highest BCUT2D eigenvalue weighted by Gasteiger charge is 2.40. The zero-order chi connectivity index (χ0) is 26.1. The molecule has 0 bridgehead atoms. The third-order valence-electron chi connectivity index (χ3n) is 6.91. The summed E-state index contributed by atoms with van der Waals surface area (Å²) in [5.41, 5.74) is 1.10. The van der Waals surface area contributed by atoms with Crippen LogP contribution >= 0.6 is 11.6 Å². The average Bonchev–Trinajstić information content (AvgIpc) is 3.10. The highest BCUT2D eigenvalue weighted by molar-refractivity contribution is 6.31. The monoisotopic (exact) mass is 527 g/mol. The maximum Gasteiger partial charge on any atom is 0.417 e. The van der Waals surface area contributed by atoms with Gasteiger partial charge in [-0.25, -0.2) is 4.79 Å². The van der Waals surface area contributed by atoms with Crippen molar-refractivity contribution >= 4 is 23.5 Å². The zero-order valence-electron chi connectivity index (χ0n) is 20.2. The van der Waals surface area contributed by atoms with Gasteiger partial charge in [0.1, 0.15) is 0 Å². The summed E-state index contributed by atoms with van der Waals surface area (Å²) in [7, 11) is 0. The number of alkyl halides is 3. The molecule has 1 atom stereocenters. The fourth-order valence-electron chi connectivity index (χ4n) is 4.84. The Bertz CT molecular complexity index is 1140. The Hall–Kier alpha value is -2.59. The molecule has 4 rings (SSSR count). The number of rotatable bonds is 6. The Morgan fingerprint density at radius 1 is 1.33 bits per heavy atom. The van der Waals surface area contributed by atoms with Gasteiger partial charge in [-0.2, -0.15) is 18.3 Å². The van der Waals surface area contributed by atoms with Crippen molar-refractivity contribution in [1.82, 2.24) is 15.1 Å². The van der Waals surface area contributed by atoms with Crippen molar-refractivity contribution in [2.45, 2.75) is 52.3 Å². The first-order valence-corrected chi connectivity index (χ1v) is 12.4. The number of aromatic nitrogens is 2. The minimum Gasteiger partial charge on any atom is -0.462 e. The van der Waals surface area contributed by atoms with E-state index in [1.54, 1.807) is 0 Å². The highest BCUT2D eigenvalue weighted by atomic mass is 35.5. The number of nitrogens with zero attached hydrogens (tertiary/aromatic N) is 2. The van der Waals surface area contributed by atoms with E-state index in [4.69, 9.17) is 26.2 Å². The summed E-state index contributed by atoms with van der Waals surface area (Å²) in [5, 5.41) is 7.23. The van der Waals surface area contributed by atoms with Crippen molar-refractivity contribution in [2.24, 2.45) is 11.3 Å². The van der Waals surface area contributed by atoms with E-state index in [1.807, 2.05) is 18.5 Å². The minimum atomic E-state index is -4.60. The second-order valence-electron chi connectivity index (χ2n) is 9.67. The molecule has 1 saturated heterocycles. The second-order valence-corrected chi connectivity index (χ2v) is 10.1. The van der Waals surface area contributed by atoms with Crippen LogP contribution in [0.3, 0.4) is 0 Å². The number of carbonyl (C=O) groups is 2. The van der Waals surface area contributed by atoms with Crippen LogP contribution in [0.15, 0.2) is 18.2 Å². The maximum absolute atomic E-state index is 12.9. The summed E-state index contributed by atoms with van der Waals surface area (Å²) in [4.78, 5) is 25.4. The summed E-state index contributed by atoms with van der Waals surface area (Å²) >= 11 is 5.72. The Morgan fingerprint density at radius 3 is 2.69 bits per heavy atom. The summed E-state index contributed by atoms with van der Waals surface area (Å²) < 4.78 is 51.5. The molecule has 1 spiro atoms. The molecule has 2 aliphatic rings. The van der Waals surface area contributed by atoms with Crippen LogP contribution in [0.25, 0.3) is 0 Å². The molecule has 1 fully saturated rings. The number of benzene rings is 1. The van der Waals surface area contributed by atoms with Gasteiger partial charge in [0.15, 0.2) is 0 Å². The number of ether oxygens (including phenoxy) is 2. The van der Waals surface area contributed by atoms with E-state index in [0.717, 1.165) is 42.4 Å². The molecule has 0 aliphatic carbocycles. The summed E-state index contributed by atoms with van der Waals surface area (Å²) in [6.07, 6.45) is -1.59. The van der Waals surface area contributed by atoms with Gasteiger partial charge in [0.05, 0.1) is 39.7 Å². The van der Waals surface area contributed by atoms with Gasteiger partial charge in [-0.3, -0.25) is 9.48 Å². The van der Waals surface area contributed by atoms with Crippen LogP contribution in [-0.4, -0.2) is 48.0 Å². The third kappa shape index (κ3) is 5.54. The van der Waals surface area contributed by atoms with Gasteiger partial charge in [-0.1, -0.05) is 25.4 Å². The smallest absolute Gasteiger partial charge is 0.417 e. The van der Waals surface area contributed by atoms with E-state index in [2.05, 4.69) is 5.32 Å². The third-order valence-corrected chi connectivity index (χ3v) is 7.22. The van der Waals surface area contributed by atoms with Gasteiger partial charge in [0, 0.05) is 32.2 Å². The Kier molecular flexibility index (Phi) is 7.66. The number of hydrogen-bond acceptors (Lipinski definition) is 5. The van der Waals surface area contributed by atoms with E-state index in [-0.39, 0.29) is 29.4 Å². The van der Waals surface area contributed by atoms with Gasteiger partial charge >= 0.3 is 12.1 Å². The lowest BCUT2D eigenvalue weighted by Gasteiger charge is -2.36. The molecule has 196 valence electrons. The molecule has 2 aromatic rings. The lowest BCUT2D eigenvalue weighted by atomic mass is 9.76. The molecule has 3 heterocycles. The highest BCUT2D eigenvalue weighted by Crippen LogP contribution is 2.38. The first-order valence-electron chi connectivity index (χ1n) is 12.0. The van der Waals surface area contributed by atoms with E-state index in [0.29, 0.717) is 44.7 Å². The van der Waals surface area contributed by atoms with Crippen LogP contribution in [0.4, 0.5) is 13.2 Å². The first kappa shape index (κ1) is 26.5. The van der Waals surface area contributed by atoms with Crippen molar-refractivity contribution in [3.63, 3.8) is 0 Å².